The van der Waals surface area contributed by atoms with Gasteiger partial charge in [0.2, 0.25) is 0 Å². The van der Waals surface area contributed by atoms with Crippen LogP contribution in [-0.4, -0.2) is 0 Å². The van der Waals surface area contributed by atoms with Gasteiger partial charge in [0.25, 0.3) is 0 Å². The van der Waals surface area contributed by atoms with Crippen LogP contribution in [0.25, 0.3) is 55.6 Å². The molecule has 0 atom stereocenters. The average Bonchev–Trinajstić information content (AvgIpc) is 3.69. The Kier molecular flexibility index (Phi) is 11.3. The molecule has 364 valence electrons. The first kappa shape index (κ1) is 45.4. The van der Waals surface area contributed by atoms with Crippen molar-refractivity contribution in [2.75, 3.05) is 9.80 Å². The summed E-state index contributed by atoms with van der Waals surface area (Å²) < 4.78 is 0. The molecule has 4 bridgehead atoms. The van der Waals surface area contributed by atoms with Crippen molar-refractivity contribution in [1.29, 1.82) is 0 Å². The molecule has 4 fully saturated rings. The maximum atomic E-state index is 2.57. The zero-order valence-electron chi connectivity index (χ0n) is 43.0. The summed E-state index contributed by atoms with van der Waals surface area (Å²) in [5, 5.41) is 0. The first-order valence-corrected chi connectivity index (χ1v) is 27.5. The summed E-state index contributed by atoms with van der Waals surface area (Å²) in [5.41, 5.74) is 23.4. The number of nitrogens with zero attached hydrogens (tertiary/aromatic N) is 2. The van der Waals surface area contributed by atoms with Crippen molar-refractivity contribution in [3.8, 4) is 55.6 Å². The van der Waals surface area contributed by atoms with E-state index in [4.69, 9.17) is 0 Å². The highest BCUT2D eigenvalue weighted by molar-refractivity contribution is 5.96. The van der Waals surface area contributed by atoms with Crippen LogP contribution >= 0.6 is 0 Å². The predicted molar refractivity (Wildman–Crippen MR) is 315 cm³/mol. The fraction of sp³-hybridized carbons (Fsp3) is 0.178. The fourth-order valence-electron chi connectivity index (χ4n) is 14.6. The molecule has 2 nitrogen and oxygen atoms in total. The molecule has 5 aliphatic carbocycles. The van der Waals surface area contributed by atoms with Gasteiger partial charge in [-0.3, -0.25) is 0 Å². The van der Waals surface area contributed by atoms with Gasteiger partial charge in [0.1, 0.15) is 0 Å². The van der Waals surface area contributed by atoms with Gasteiger partial charge in [-0.25, -0.2) is 0 Å². The second-order valence-electron chi connectivity index (χ2n) is 22.6. The van der Waals surface area contributed by atoms with Crippen molar-refractivity contribution in [3.05, 3.63) is 265 Å². The molecular formula is C73H62N2. The Morgan fingerprint density at radius 1 is 0.293 bits per heavy atom. The smallest absolute Gasteiger partial charge is 0.0465 e. The summed E-state index contributed by atoms with van der Waals surface area (Å²) in [6, 6.07) is 92.6. The van der Waals surface area contributed by atoms with Crippen LogP contribution in [0.15, 0.2) is 249 Å². The standard InChI is InChI=1S/C73H62N2/c1-73(2)70-29-16-15-28-64(70)65-39-38-63(46-71(65)73)75(62-27-17-22-55(45-62)72-56-41-49-40-50(43-56)44-57(72)42-49)61-36-32-54(33-37-61)69-48-66(51-18-7-3-8-19-51)68(47-67(69)52-20-9-4-10-21-52)53-30-34-60(35-31-53)74(58-23-11-5-12-24-58)59-25-13-6-14-26-59/h3-39,45-50,56-57,72H,40-44H2,1-2H3. The summed E-state index contributed by atoms with van der Waals surface area (Å²) in [6.07, 6.45) is 7.14. The Morgan fingerprint density at radius 3 is 1.20 bits per heavy atom. The minimum Gasteiger partial charge on any atom is -0.311 e. The van der Waals surface area contributed by atoms with Crippen LogP contribution in [0.5, 0.6) is 0 Å². The van der Waals surface area contributed by atoms with Gasteiger partial charge in [-0.05, 0) is 219 Å². The number of rotatable bonds is 11. The minimum absolute atomic E-state index is 0.108. The van der Waals surface area contributed by atoms with E-state index >= 15 is 0 Å². The van der Waals surface area contributed by atoms with Crippen LogP contribution in [0.3, 0.4) is 0 Å². The van der Waals surface area contributed by atoms with E-state index < -0.39 is 0 Å². The van der Waals surface area contributed by atoms with Crippen LogP contribution in [0.1, 0.15) is 68.6 Å². The van der Waals surface area contributed by atoms with E-state index in [0.29, 0.717) is 5.92 Å². The summed E-state index contributed by atoms with van der Waals surface area (Å²) >= 11 is 0. The number of hydrogen-bond donors (Lipinski definition) is 0. The third kappa shape index (κ3) is 8.10. The molecule has 0 spiro atoms. The van der Waals surface area contributed by atoms with Crippen LogP contribution in [-0.2, 0) is 5.41 Å². The van der Waals surface area contributed by atoms with Crippen molar-refractivity contribution >= 4 is 34.1 Å². The molecule has 0 aromatic heterocycles. The van der Waals surface area contributed by atoms with Crippen molar-refractivity contribution < 1.29 is 0 Å². The first-order valence-electron chi connectivity index (χ1n) is 27.5. The average molecular weight is 967 g/mol. The van der Waals surface area contributed by atoms with Gasteiger partial charge in [0.05, 0.1) is 0 Å². The summed E-state index contributed by atoms with van der Waals surface area (Å²) in [6.45, 7) is 4.79. The van der Waals surface area contributed by atoms with Crippen molar-refractivity contribution in [3.63, 3.8) is 0 Å². The van der Waals surface area contributed by atoms with Gasteiger partial charge in [-0.15, -0.1) is 0 Å². The molecule has 4 saturated carbocycles. The fourth-order valence-corrected chi connectivity index (χ4v) is 14.6. The van der Waals surface area contributed by atoms with Crippen LogP contribution in [0.2, 0.25) is 0 Å². The topological polar surface area (TPSA) is 6.48 Å². The number of hydrogen-bond acceptors (Lipinski definition) is 2. The van der Waals surface area contributed by atoms with E-state index in [9.17, 15) is 0 Å². The molecule has 2 heteroatoms. The van der Waals surface area contributed by atoms with Crippen molar-refractivity contribution in [2.24, 2.45) is 23.7 Å². The van der Waals surface area contributed by atoms with Crippen molar-refractivity contribution in [1.82, 2.24) is 0 Å². The van der Waals surface area contributed by atoms with Crippen molar-refractivity contribution in [2.45, 2.75) is 57.3 Å². The van der Waals surface area contributed by atoms with Gasteiger partial charge >= 0.3 is 0 Å². The van der Waals surface area contributed by atoms with Gasteiger partial charge in [0.15, 0.2) is 0 Å². The van der Waals surface area contributed by atoms with E-state index in [0.717, 1.165) is 46.4 Å². The molecular weight excluding hydrogens is 905 g/mol. The molecule has 75 heavy (non-hydrogen) atoms. The largest absolute Gasteiger partial charge is 0.311 e. The number of para-hydroxylation sites is 2. The lowest BCUT2D eigenvalue weighted by molar-refractivity contribution is -0.00276. The lowest BCUT2D eigenvalue weighted by Gasteiger charge is -2.54. The summed E-state index contributed by atoms with van der Waals surface area (Å²) in [7, 11) is 0. The van der Waals surface area contributed by atoms with E-state index in [1.807, 2.05) is 0 Å². The second-order valence-corrected chi connectivity index (χ2v) is 22.6. The summed E-state index contributed by atoms with van der Waals surface area (Å²) in [4.78, 5) is 4.87. The Balaban J connectivity index is 0.888. The molecule has 5 aliphatic rings. The molecule has 0 amide bonds. The van der Waals surface area contributed by atoms with E-state index in [2.05, 4.69) is 272 Å². The van der Waals surface area contributed by atoms with Crippen LogP contribution < -0.4 is 9.80 Å². The number of anilines is 6. The Morgan fingerprint density at radius 2 is 0.680 bits per heavy atom. The van der Waals surface area contributed by atoms with Gasteiger partial charge in [-0.1, -0.05) is 178 Å². The minimum atomic E-state index is -0.108. The molecule has 0 unspecified atom stereocenters. The molecule has 0 heterocycles. The second kappa shape index (κ2) is 18.6. The third-order valence-electron chi connectivity index (χ3n) is 17.8. The molecule has 0 N–H and O–H groups in total. The molecule has 0 radical (unpaired) electrons. The maximum Gasteiger partial charge on any atom is 0.0465 e. The SMILES string of the molecule is CC1(C)c2ccccc2-c2ccc(N(c3ccc(-c4cc(-c5ccccc5)c(-c5ccc(N(c6ccccc6)c6ccccc6)cc5)cc4-c4ccccc4)cc3)c3cccc(C4C5CC6CC(C5)CC4C6)c3)cc21. The number of fused-ring (bicyclic) bond motifs is 3. The molecule has 10 aromatic carbocycles. The van der Waals surface area contributed by atoms with Crippen LogP contribution in [0, 0.1) is 23.7 Å². The lowest BCUT2D eigenvalue weighted by Crippen LogP contribution is -2.43. The highest BCUT2D eigenvalue weighted by atomic mass is 15.1. The zero-order chi connectivity index (χ0) is 50.0. The third-order valence-corrected chi connectivity index (χ3v) is 17.8. The van der Waals surface area contributed by atoms with E-state index in [1.54, 1.807) is 0 Å². The monoisotopic (exact) mass is 966 g/mol. The highest BCUT2D eigenvalue weighted by Crippen LogP contribution is 2.60. The highest BCUT2D eigenvalue weighted by Gasteiger charge is 2.48. The van der Waals surface area contributed by atoms with E-state index in [1.165, 1.54) is 116 Å². The van der Waals surface area contributed by atoms with Gasteiger partial charge < -0.3 is 9.80 Å². The Labute approximate surface area is 443 Å². The predicted octanol–water partition coefficient (Wildman–Crippen LogP) is 20.1. The quantitative estimate of drug-likeness (QED) is 0.127. The summed E-state index contributed by atoms with van der Waals surface area (Å²) in [5.74, 6) is 4.19. The Bertz CT molecular complexity index is 3610. The normalized spacial score (nSPS) is 19.6. The first-order chi connectivity index (χ1) is 36.9. The molecule has 0 saturated heterocycles. The van der Waals surface area contributed by atoms with E-state index in [-0.39, 0.29) is 5.41 Å². The number of benzene rings is 10. The lowest BCUT2D eigenvalue weighted by atomic mass is 9.51. The van der Waals surface area contributed by atoms with Crippen LogP contribution in [0.4, 0.5) is 34.1 Å². The zero-order valence-corrected chi connectivity index (χ0v) is 43.0. The Hall–Kier alpha value is -8.20. The molecule has 0 aliphatic heterocycles. The van der Waals surface area contributed by atoms with Gasteiger partial charge in [-0.2, -0.15) is 0 Å². The van der Waals surface area contributed by atoms with Gasteiger partial charge in [0, 0.05) is 39.5 Å². The molecule has 10 aromatic rings. The maximum absolute atomic E-state index is 2.57. The molecule has 15 rings (SSSR count).